The topological polar surface area (TPSA) is 138 Å². The second-order valence-electron chi connectivity index (χ2n) is 9.21. The molecule has 2 aliphatic rings. The fourth-order valence-corrected chi connectivity index (χ4v) is 6.45. The highest BCUT2D eigenvalue weighted by Gasteiger charge is 2.47. The molecule has 38 heavy (non-hydrogen) atoms. The molecule has 5 rings (SSSR count). The van der Waals surface area contributed by atoms with Gasteiger partial charge in [-0.1, -0.05) is 11.3 Å². The van der Waals surface area contributed by atoms with E-state index in [0.29, 0.717) is 41.9 Å². The van der Waals surface area contributed by atoms with Gasteiger partial charge in [0.15, 0.2) is 15.8 Å². The number of halogens is 4. The van der Waals surface area contributed by atoms with Gasteiger partial charge >= 0.3 is 6.61 Å². The fraction of sp³-hybridized carbons (Fsp3) is 0.524. The third-order valence-corrected chi connectivity index (χ3v) is 8.67. The second kappa shape index (κ2) is 10.0. The normalized spacial score (nSPS) is 21.4. The minimum absolute atomic E-state index is 0.0568. The van der Waals surface area contributed by atoms with Crippen molar-refractivity contribution in [1.29, 1.82) is 5.26 Å². The van der Waals surface area contributed by atoms with Crippen LogP contribution in [0.5, 0.6) is 0 Å². The first-order valence-corrected chi connectivity index (χ1v) is 13.8. The van der Waals surface area contributed by atoms with Gasteiger partial charge in [0.1, 0.15) is 10.4 Å². The Morgan fingerprint density at radius 1 is 1.32 bits per heavy atom. The van der Waals surface area contributed by atoms with Gasteiger partial charge in [-0.25, -0.2) is 22.2 Å². The van der Waals surface area contributed by atoms with Gasteiger partial charge in [-0.05, 0) is 25.8 Å². The summed E-state index contributed by atoms with van der Waals surface area (Å²) in [7, 11) is -4.19. The smallest absolute Gasteiger partial charge is 0.345 e. The number of alkyl halides is 4. The number of sulfonamides is 1. The molecule has 3 aromatic rings. The summed E-state index contributed by atoms with van der Waals surface area (Å²) in [5.41, 5.74) is -0.322. The second-order valence-corrected chi connectivity index (χ2v) is 11.9. The van der Waals surface area contributed by atoms with Gasteiger partial charge in [0.2, 0.25) is 10.0 Å². The van der Waals surface area contributed by atoms with Crippen molar-refractivity contribution in [3.8, 4) is 16.9 Å². The van der Waals surface area contributed by atoms with Gasteiger partial charge in [-0.3, -0.25) is 4.40 Å². The van der Waals surface area contributed by atoms with Crippen molar-refractivity contribution in [2.45, 2.75) is 55.3 Å². The first-order chi connectivity index (χ1) is 18.0. The molecule has 0 spiro atoms. The number of pyridine rings is 1. The zero-order valence-electron chi connectivity index (χ0n) is 19.8. The Kier molecular flexibility index (Phi) is 7.02. The van der Waals surface area contributed by atoms with Gasteiger partial charge in [0.05, 0.1) is 30.1 Å². The number of aromatic nitrogens is 4. The minimum atomic E-state index is -4.19. The van der Waals surface area contributed by atoms with Crippen LogP contribution in [0.25, 0.3) is 16.3 Å². The van der Waals surface area contributed by atoms with Gasteiger partial charge in [-0.15, -0.1) is 10.2 Å². The Morgan fingerprint density at radius 3 is 2.71 bits per heavy atom. The van der Waals surface area contributed by atoms with E-state index in [2.05, 4.69) is 30.0 Å². The van der Waals surface area contributed by atoms with E-state index in [1.807, 2.05) is 17.9 Å². The predicted octanol–water partition coefficient (Wildman–Crippen LogP) is 2.53. The molecule has 1 aliphatic carbocycles. The Hall–Kier alpha value is -2.91. The van der Waals surface area contributed by atoms with Crippen molar-refractivity contribution < 1.29 is 30.7 Å². The number of fused-ring (bicyclic) bond motifs is 1. The molecule has 2 fully saturated rings. The van der Waals surface area contributed by atoms with Crippen LogP contribution in [0.15, 0.2) is 23.4 Å². The SMILES string of the molecule is C[C@@H]1CN(c2cc(S(=O)(=O)NC3(C#N)CC3)cn3c(-c4nnc(C(F)F)s4)ncc23)C[C@@H](COC(F)F)N1. The summed E-state index contributed by atoms with van der Waals surface area (Å²) in [6.45, 7) is -0.759. The maximum Gasteiger partial charge on any atom is 0.345 e. The summed E-state index contributed by atoms with van der Waals surface area (Å²) in [6.07, 6.45) is 0.641. The van der Waals surface area contributed by atoms with Crippen LogP contribution in [0.2, 0.25) is 0 Å². The highest BCUT2D eigenvalue weighted by atomic mass is 32.2. The molecule has 1 saturated carbocycles. The Labute approximate surface area is 218 Å². The summed E-state index contributed by atoms with van der Waals surface area (Å²) in [6, 6.07) is 2.75. The molecule has 11 nitrogen and oxygen atoms in total. The molecule has 204 valence electrons. The van der Waals surface area contributed by atoms with Crippen molar-refractivity contribution in [2.24, 2.45) is 0 Å². The van der Waals surface area contributed by atoms with Crippen molar-refractivity contribution in [3.63, 3.8) is 0 Å². The standard InChI is InChI=1S/C21H22F4N8O3S2/c1-11-6-32(7-12(28-11)9-36-20(24)25)14-4-13(38(34,35)31-21(10-26)2-3-21)8-33-15(14)5-27-17(33)19-30-29-18(37-19)16(22)23/h4-5,8,11-12,16,20,28,31H,2-3,6-7,9H2,1H3/t11-,12+/m1/s1. The van der Waals surface area contributed by atoms with E-state index in [-0.39, 0.29) is 34.9 Å². The predicted molar refractivity (Wildman–Crippen MR) is 128 cm³/mol. The van der Waals surface area contributed by atoms with Crippen LogP contribution in [0.4, 0.5) is 23.2 Å². The summed E-state index contributed by atoms with van der Waals surface area (Å²) in [5, 5.41) is 19.4. The minimum Gasteiger partial charge on any atom is -0.367 e. The third kappa shape index (κ3) is 5.31. The van der Waals surface area contributed by atoms with E-state index in [4.69, 9.17) is 0 Å². The number of nitriles is 1. The fourth-order valence-electron chi connectivity index (χ4n) is 4.37. The molecular formula is C21H22F4N8O3S2. The van der Waals surface area contributed by atoms with Crippen molar-refractivity contribution >= 4 is 32.6 Å². The zero-order valence-corrected chi connectivity index (χ0v) is 21.4. The van der Waals surface area contributed by atoms with Crippen LogP contribution >= 0.6 is 11.3 Å². The van der Waals surface area contributed by atoms with E-state index in [1.54, 1.807) is 0 Å². The Balaban J connectivity index is 1.60. The zero-order chi connectivity index (χ0) is 27.2. The molecule has 2 N–H and O–H groups in total. The van der Waals surface area contributed by atoms with Crippen LogP contribution in [-0.4, -0.2) is 71.9 Å². The molecule has 2 atom stereocenters. The average molecular weight is 575 g/mol. The lowest BCUT2D eigenvalue weighted by molar-refractivity contribution is -0.134. The van der Waals surface area contributed by atoms with Crippen LogP contribution < -0.4 is 14.9 Å². The van der Waals surface area contributed by atoms with E-state index in [9.17, 15) is 31.2 Å². The summed E-state index contributed by atoms with van der Waals surface area (Å²) in [4.78, 5) is 5.94. The maximum absolute atomic E-state index is 13.3. The number of hydrogen-bond acceptors (Lipinski definition) is 10. The lowest BCUT2D eigenvalue weighted by Gasteiger charge is -2.39. The first kappa shape index (κ1) is 26.7. The van der Waals surface area contributed by atoms with E-state index in [0.717, 1.165) is 0 Å². The largest absolute Gasteiger partial charge is 0.367 e. The monoisotopic (exact) mass is 574 g/mol. The van der Waals surface area contributed by atoms with Gasteiger partial charge in [0, 0.05) is 31.4 Å². The molecule has 1 aliphatic heterocycles. The average Bonchev–Trinajstić information content (AvgIpc) is 3.25. The molecule has 0 bridgehead atoms. The number of hydrogen-bond donors (Lipinski definition) is 2. The summed E-state index contributed by atoms with van der Waals surface area (Å²) >= 11 is 0.627. The van der Waals surface area contributed by atoms with Crippen LogP contribution in [0.3, 0.4) is 0 Å². The van der Waals surface area contributed by atoms with Crippen molar-refractivity contribution in [2.75, 3.05) is 24.6 Å². The quantitative estimate of drug-likeness (QED) is 0.369. The van der Waals surface area contributed by atoms with Gasteiger partial charge in [0.25, 0.3) is 6.43 Å². The van der Waals surface area contributed by atoms with E-state index < -0.39 is 39.6 Å². The number of rotatable bonds is 9. The Morgan fingerprint density at radius 2 is 2.08 bits per heavy atom. The lowest BCUT2D eigenvalue weighted by atomic mass is 10.1. The summed E-state index contributed by atoms with van der Waals surface area (Å²) in [5.74, 6) is 0.102. The lowest BCUT2D eigenvalue weighted by Crippen LogP contribution is -2.57. The van der Waals surface area contributed by atoms with Crippen LogP contribution in [0.1, 0.15) is 31.2 Å². The van der Waals surface area contributed by atoms with Crippen LogP contribution in [-0.2, 0) is 14.8 Å². The number of nitrogens with one attached hydrogen (secondary N) is 2. The molecule has 4 heterocycles. The maximum atomic E-state index is 13.3. The van der Waals surface area contributed by atoms with Crippen molar-refractivity contribution in [3.05, 3.63) is 23.5 Å². The van der Waals surface area contributed by atoms with Crippen LogP contribution in [0, 0.1) is 11.3 Å². The van der Waals surface area contributed by atoms with E-state index >= 15 is 0 Å². The van der Waals surface area contributed by atoms with Crippen molar-refractivity contribution in [1.82, 2.24) is 29.6 Å². The van der Waals surface area contributed by atoms with Gasteiger partial charge < -0.3 is 15.0 Å². The third-order valence-electron chi connectivity index (χ3n) is 6.24. The molecule has 17 heteroatoms. The number of ether oxygens (including phenoxy) is 1. The Bertz CT molecular complexity index is 1490. The molecule has 1 saturated heterocycles. The number of imidazole rings is 1. The van der Waals surface area contributed by atoms with Gasteiger partial charge in [-0.2, -0.15) is 18.8 Å². The van der Waals surface area contributed by atoms with E-state index in [1.165, 1.54) is 22.9 Å². The number of nitrogens with zero attached hydrogens (tertiary/aromatic N) is 6. The molecule has 3 aromatic heterocycles. The summed E-state index contributed by atoms with van der Waals surface area (Å²) < 4.78 is 86.6. The molecule has 0 radical (unpaired) electrons. The first-order valence-electron chi connectivity index (χ1n) is 11.5. The molecule has 0 aromatic carbocycles. The number of piperazine rings is 1. The number of anilines is 1. The molecule has 0 amide bonds. The highest BCUT2D eigenvalue weighted by molar-refractivity contribution is 7.89. The molecule has 0 unspecified atom stereocenters. The highest BCUT2D eigenvalue weighted by Crippen LogP contribution is 2.38. The molecular weight excluding hydrogens is 552 g/mol.